The van der Waals surface area contributed by atoms with Crippen LogP contribution in [0.1, 0.15) is 0 Å². The van der Waals surface area contributed by atoms with Crippen LogP contribution in [0.2, 0.25) is 0 Å². The van der Waals surface area contributed by atoms with E-state index in [4.69, 9.17) is 25.0 Å². The fourth-order valence-corrected chi connectivity index (χ4v) is 6.66. The molecule has 4 rings (SSSR count). The number of aromatic nitrogens is 2. The quantitative estimate of drug-likeness (QED) is 0.294. The van der Waals surface area contributed by atoms with Crippen LogP contribution in [0.3, 0.4) is 0 Å². The molecule has 0 aliphatic heterocycles. The molecule has 2 aromatic carbocycles. The second-order valence-electron chi connectivity index (χ2n) is 5.11. The Morgan fingerprint density at radius 2 is 1.73 bits per heavy atom. The molecule has 0 unspecified atom stereocenters. The molecule has 2 heterocycles. The fourth-order valence-electron chi connectivity index (χ4n) is 2.57. The van der Waals surface area contributed by atoms with Crippen LogP contribution in [-0.4, -0.2) is 39.0 Å². The zero-order valence-electron chi connectivity index (χ0n) is 12.8. The fraction of sp³-hybridized carbons (Fsp3) is 0. The molecule has 0 radical (unpaired) electrons. The molecule has 118 valence electrons. The van der Waals surface area contributed by atoms with Crippen molar-refractivity contribution >= 4 is 70.9 Å². The first-order chi connectivity index (χ1) is 12.7. The average Bonchev–Trinajstić information content (AvgIpc) is 3.25. The van der Waals surface area contributed by atoms with Crippen molar-refractivity contribution in [3.63, 3.8) is 0 Å². The SMILES string of the molecule is [C-]#[N+]C([N+]#[C-])=c1nc2cc3ccc4n/c(=C(\C#N)[N+]#[C-])[se]c4c3cc2[se]1. The van der Waals surface area contributed by atoms with E-state index < -0.39 is 0 Å². The average molecular weight is 462 g/mol. The van der Waals surface area contributed by atoms with Crippen molar-refractivity contribution in [1.82, 2.24) is 9.97 Å². The molecule has 8 heteroatoms. The number of nitrogens with zero attached hydrogens (tertiary/aromatic N) is 6. The van der Waals surface area contributed by atoms with E-state index in [1.165, 1.54) is 0 Å². The minimum atomic E-state index is -0.196. The molecule has 4 aromatic rings. The third kappa shape index (κ3) is 2.43. The van der Waals surface area contributed by atoms with Gasteiger partial charge in [0.05, 0.1) is 0 Å². The van der Waals surface area contributed by atoms with Crippen molar-refractivity contribution in [2.45, 2.75) is 0 Å². The van der Waals surface area contributed by atoms with Crippen molar-refractivity contribution in [2.75, 3.05) is 0 Å². The molecule has 26 heavy (non-hydrogen) atoms. The van der Waals surface area contributed by atoms with Crippen LogP contribution in [0.25, 0.3) is 56.4 Å². The minimum absolute atomic E-state index is 0.0376. The summed E-state index contributed by atoms with van der Waals surface area (Å²) in [6, 6.07) is 9.82. The first kappa shape index (κ1) is 16.3. The van der Waals surface area contributed by atoms with Crippen molar-refractivity contribution < 1.29 is 0 Å². The van der Waals surface area contributed by atoms with Gasteiger partial charge in [-0.3, -0.25) is 0 Å². The van der Waals surface area contributed by atoms with Gasteiger partial charge in [-0.15, -0.1) is 0 Å². The second kappa shape index (κ2) is 6.25. The van der Waals surface area contributed by atoms with Gasteiger partial charge in [0, 0.05) is 0 Å². The van der Waals surface area contributed by atoms with Crippen LogP contribution in [0.4, 0.5) is 0 Å². The predicted molar refractivity (Wildman–Crippen MR) is 99.9 cm³/mol. The molecule has 0 spiro atoms. The molecule has 0 N–H and O–H groups in total. The van der Waals surface area contributed by atoms with Crippen LogP contribution in [0.15, 0.2) is 24.3 Å². The van der Waals surface area contributed by atoms with E-state index in [9.17, 15) is 0 Å². The number of hydrogen-bond donors (Lipinski definition) is 0. The summed E-state index contributed by atoms with van der Waals surface area (Å²) in [5, 5.41) is 11.2. The first-order valence-electron chi connectivity index (χ1n) is 7.09. The third-order valence-corrected chi connectivity index (χ3v) is 8.16. The molecule has 0 bridgehead atoms. The van der Waals surface area contributed by atoms with Crippen LogP contribution < -0.4 is 8.45 Å². The Labute approximate surface area is 158 Å². The van der Waals surface area contributed by atoms with E-state index in [1.807, 2.05) is 24.3 Å². The molecule has 0 aliphatic rings. The molecule has 0 atom stereocenters. The normalized spacial score (nSPS) is 11.5. The Morgan fingerprint density at radius 3 is 2.42 bits per heavy atom. The molecular weight excluding hydrogens is 458 g/mol. The van der Waals surface area contributed by atoms with Gasteiger partial charge in [0.2, 0.25) is 0 Å². The van der Waals surface area contributed by atoms with E-state index in [-0.39, 0.29) is 40.5 Å². The second-order valence-corrected chi connectivity index (χ2v) is 9.37. The van der Waals surface area contributed by atoms with Crippen molar-refractivity contribution in [1.29, 1.82) is 5.26 Å². The number of fused-ring (bicyclic) bond motifs is 4. The molecular formula is C18H4N6Se2. The van der Waals surface area contributed by atoms with E-state index in [2.05, 4.69) is 30.6 Å². The summed E-state index contributed by atoms with van der Waals surface area (Å²) >= 11 is -0.370. The van der Waals surface area contributed by atoms with Gasteiger partial charge in [0.1, 0.15) is 0 Å². The Bertz CT molecular complexity index is 1490. The zero-order chi connectivity index (χ0) is 18.3. The summed E-state index contributed by atoms with van der Waals surface area (Å²) in [5.74, 6) is 0.0376. The maximum absolute atomic E-state index is 9.10. The molecule has 0 aliphatic carbocycles. The molecule has 0 saturated heterocycles. The van der Waals surface area contributed by atoms with E-state index in [0.29, 0.717) is 8.45 Å². The zero-order valence-corrected chi connectivity index (χ0v) is 16.2. The Kier molecular flexibility index (Phi) is 3.91. The number of nitriles is 1. The van der Waals surface area contributed by atoms with Crippen LogP contribution in [0, 0.1) is 31.0 Å². The van der Waals surface area contributed by atoms with Gasteiger partial charge >= 0.3 is 159 Å². The van der Waals surface area contributed by atoms with Crippen LogP contribution in [0.5, 0.6) is 0 Å². The monoisotopic (exact) mass is 464 g/mol. The molecule has 2 aromatic heterocycles. The van der Waals surface area contributed by atoms with Gasteiger partial charge < -0.3 is 0 Å². The van der Waals surface area contributed by atoms with Crippen molar-refractivity contribution in [2.24, 2.45) is 0 Å². The summed E-state index contributed by atoms with van der Waals surface area (Å²) in [5.41, 5.74) is 1.68. The summed E-state index contributed by atoms with van der Waals surface area (Å²) in [6.45, 7) is 21.4. The van der Waals surface area contributed by atoms with E-state index >= 15 is 0 Å². The number of rotatable bonds is 0. The summed E-state index contributed by atoms with van der Waals surface area (Å²) in [7, 11) is 0. The van der Waals surface area contributed by atoms with E-state index in [1.54, 1.807) is 0 Å². The van der Waals surface area contributed by atoms with Crippen molar-refractivity contribution in [3.8, 4) is 6.07 Å². The number of benzene rings is 2. The van der Waals surface area contributed by atoms with Crippen molar-refractivity contribution in [3.05, 3.63) is 67.0 Å². The molecule has 0 saturated carbocycles. The van der Waals surface area contributed by atoms with Gasteiger partial charge in [-0.25, -0.2) is 0 Å². The van der Waals surface area contributed by atoms with E-state index in [0.717, 1.165) is 30.3 Å². The van der Waals surface area contributed by atoms with Crippen LogP contribution in [-0.2, 0) is 0 Å². The first-order valence-corrected chi connectivity index (χ1v) is 10.5. The molecule has 0 amide bonds. The Morgan fingerprint density at radius 1 is 0.962 bits per heavy atom. The topological polar surface area (TPSA) is 62.6 Å². The maximum atomic E-state index is 9.10. The Hall–Kier alpha value is -3.22. The van der Waals surface area contributed by atoms with Gasteiger partial charge in [0.15, 0.2) is 0 Å². The summed E-state index contributed by atoms with van der Waals surface area (Å²) in [6.07, 6.45) is 0. The van der Waals surface area contributed by atoms with Gasteiger partial charge in [0.25, 0.3) is 0 Å². The van der Waals surface area contributed by atoms with Crippen LogP contribution >= 0.6 is 0 Å². The standard InChI is InChI=1S/C18H4N6Se2/c1-20-13(8-19)17-23-11-5-4-9-6-12-14(7-10(9)15(11)26-17)25-18(24-12)16(21-2)22-3/h4-7H/b17-13-. The van der Waals surface area contributed by atoms with Gasteiger partial charge in [-0.1, -0.05) is 0 Å². The molecule has 0 fully saturated rings. The Balaban J connectivity index is 2.14. The van der Waals surface area contributed by atoms with Gasteiger partial charge in [-0.2, -0.15) is 0 Å². The summed E-state index contributed by atoms with van der Waals surface area (Å²) in [4.78, 5) is 18.8. The molecule has 6 nitrogen and oxygen atoms in total. The number of hydrogen-bond acceptors (Lipinski definition) is 3. The summed E-state index contributed by atoms with van der Waals surface area (Å²) < 4.78 is 3.24. The predicted octanol–water partition coefficient (Wildman–Crippen LogP) is 1.51. The van der Waals surface area contributed by atoms with Gasteiger partial charge in [-0.05, 0) is 0 Å². The third-order valence-electron chi connectivity index (χ3n) is 3.70.